The largest absolute Gasteiger partial charge is 0.497 e. The number of benzene rings is 3. The molecule has 1 aliphatic rings. The summed E-state index contributed by atoms with van der Waals surface area (Å²) in [6.45, 7) is 0. The highest BCUT2D eigenvalue weighted by Gasteiger charge is 2.25. The summed E-state index contributed by atoms with van der Waals surface area (Å²) >= 11 is 0. The van der Waals surface area contributed by atoms with Crippen LogP contribution in [-0.4, -0.2) is 17.8 Å². The first-order valence-corrected chi connectivity index (χ1v) is 9.99. The van der Waals surface area contributed by atoms with E-state index in [1.165, 1.54) is 11.1 Å². The van der Waals surface area contributed by atoms with Crippen LogP contribution in [0, 0.1) is 0 Å². The molecule has 0 unspecified atom stereocenters. The van der Waals surface area contributed by atoms with Gasteiger partial charge in [0.25, 0.3) is 0 Å². The maximum Gasteiger partial charge on any atom is 0.363 e. The first-order valence-electron chi connectivity index (χ1n) is 9.99. The molecule has 0 aliphatic heterocycles. The van der Waals surface area contributed by atoms with Crippen molar-refractivity contribution in [2.24, 2.45) is 0 Å². The fraction of sp³-hybridized carbons (Fsp3) is 0.115. The fourth-order valence-corrected chi connectivity index (χ4v) is 4.05. The third kappa shape index (κ3) is 3.16. The molecule has 3 aromatic carbocycles. The van der Waals surface area contributed by atoms with Gasteiger partial charge in [-0.05, 0) is 54.3 Å². The second kappa shape index (κ2) is 7.56. The van der Waals surface area contributed by atoms with Gasteiger partial charge in [0.15, 0.2) is 0 Å². The molecule has 1 aliphatic carbocycles. The lowest BCUT2D eigenvalue weighted by Gasteiger charge is -2.19. The molecule has 148 valence electrons. The van der Waals surface area contributed by atoms with Gasteiger partial charge in [0.05, 0.1) is 24.1 Å². The van der Waals surface area contributed by atoms with Crippen LogP contribution in [0.1, 0.15) is 21.6 Å². The number of carbonyl (C=O) groups is 1. The average molecular weight is 395 g/mol. The number of rotatable bonds is 4. The Bertz CT molecular complexity index is 1220. The zero-order chi connectivity index (χ0) is 20.5. The van der Waals surface area contributed by atoms with Gasteiger partial charge in [-0.15, -0.1) is 0 Å². The lowest BCUT2D eigenvalue weighted by atomic mass is 9.90. The summed E-state index contributed by atoms with van der Waals surface area (Å²) in [5.74, 6) is 0.380. The van der Waals surface area contributed by atoms with Crippen LogP contribution >= 0.6 is 0 Å². The number of methoxy groups -OCH3 is 1. The minimum atomic E-state index is -0.378. The summed E-state index contributed by atoms with van der Waals surface area (Å²) < 4.78 is 7.11. The molecule has 0 N–H and O–H groups in total. The highest BCUT2D eigenvalue weighted by atomic mass is 16.7. The molecule has 5 rings (SSSR count). The molecule has 0 saturated carbocycles. The highest BCUT2D eigenvalue weighted by Crippen LogP contribution is 2.39. The number of carbonyl (C=O) groups excluding carboxylic acids is 1. The molecule has 1 aromatic heterocycles. The molecule has 0 bridgehead atoms. The number of fused-ring (bicyclic) bond motifs is 3. The van der Waals surface area contributed by atoms with Gasteiger partial charge in [0.1, 0.15) is 5.75 Å². The van der Waals surface area contributed by atoms with Crippen molar-refractivity contribution in [1.29, 1.82) is 0 Å². The molecule has 4 nitrogen and oxygen atoms in total. The van der Waals surface area contributed by atoms with E-state index in [0.717, 1.165) is 41.1 Å². The number of hydrogen-bond acceptors (Lipinski definition) is 3. The van der Waals surface area contributed by atoms with Crippen LogP contribution in [0.5, 0.6) is 5.75 Å². The van der Waals surface area contributed by atoms with E-state index in [1.54, 1.807) is 24.0 Å². The Labute approximate surface area is 175 Å². The summed E-state index contributed by atoms with van der Waals surface area (Å²) in [4.78, 5) is 18.8. The number of hydrogen-bond donors (Lipinski definition) is 0. The monoisotopic (exact) mass is 395 g/mol. The molecule has 0 radical (unpaired) electrons. The van der Waals surface area contributed by atoms with Gasteiger partial charge in [-0.25, -0.2) is 4.79 Å². The quantitative estimate of drug-likeness (QED) is 0.477. The zero-order valence-electron chi connectivity index (χ0n) is 16.7. The Hall–Kier alpha value is -3.79. The van der Waals surface area contributed by atoms with Gasteiger partial charge < -0.3 is 9.57 Å². The Morgan fingerprint density at radius 1 is 0.833 bits per heavy atom. The molecule has 0 fully saturated rings. The van der Waals surface area contributed by atoms with Crippen molar-refractivity contribution in [3.63, 3.8) is 0 Å². The van der Waals surface area contributed by atoms with Crippen molar-refractivity contribution in [3.8, 4) is 28.1 Å². The van der Waals surface area contributed by atoms with Gasteiger partial charge in [-0.2, -0.15) is 4.73 Å². The van der Waals surface area contributed by atoms with Crippen molar-refractivity contribution < 1.29 is 14.4 Å². The van der Waals surface area contributed by atoms with Crippen molar-refractivity contribution in [3.05, 3.63) is 102 Å². The average Bonchev–Trinajstić information content (AvgIpc) is 3.18. The summed E-state index contributed by atoms with van der Waals surface area (Å²) in [6.07, 6.45) is 1.71. The number of nitrogens with zero attached hydrogens (tertiary/aromatic N) is 1. The third-order valence-electron chi connectivity index (χ3n) is 5.54. The Balaban J connectivity index is 1.66. The maximum atomic E-state index is 12.9. The smallest absolute Gasteiger partial charge is 0.363 e. The van der Waals surface area contributed by atoms with E-state index < -0.39 is 0 Å². The summed E-state index contributed by atoms with van der Waals surface area (Å²) in [5.41, 5.74) is 6.91. The van der Waals surface area contributed by atoms with Crippen molar-refractivity contribution in [2.75, 3.05) is 7.11 Å². The standard InChI is InChI=1S/C26H21NO3/c1-29-21-12-7-11-20(16-21)25-17-23-22-13-6-5-8-18(22)14-15-24(23)27(25)30-26(28)19-9-3-2-4-10-19/h2-13,16-17H,14-15H2,1H3. The van der Waals surface area contributed by atoms with Gasteiger partial charge in [0, 0.05) is 11.1 Å². The number of ether oxygens (including phenoxy) is 1. The Morgan fingerprint density at radius 3 is 2.47 bits per heavy atom. The van der Waals surface area contributed by atoms with Crippen molar-refractivity contribution in [1.82, 2.24) is 4.73 Å². The second-order valence-electron chi connectivity index (χ2n) is 7.32. The first kappa shape index (κ1) is 18.3. The van der Waals surface area contributed by atoms with Crippen LogP contribution in [0.15, 0.2) is 84.9 Å². The van der Waals surface area contributed by atoms with Crippen LogP contribution in [0.4, 0.5) is 0 Å². The van der Waals surface area contributed by atoms with Gasteiger partial charge in [-0.1, -0.05) is 54.6 Å². The highest BCUT2D eigenvalue weighted by molar-refractivity contribution is 5.90. The van der Waals surface area contributed by atoms with Crippen LogP contribution in [0.2, 0.25) is 0 Å². The van der Waals surface area contributed by atoms with Gasteiger partial charge in [-0.3, -0.25) is 0 Å². The van der Waals surface area contributed by atoms with E-state index >= 15 is 0 Å². The minimum absolute atomic E-state index is 0.378. The molecule has 0 spiro atoms. The van der Waals surface area contributed by atoms with E-state index in [4.69, 9.17) is 9.57 Å². The van der Waals surface area contributed by atoms with Crippen molar-refractivity contribution in [2.45, 2.75) is 12.8 Å². The van der Waals surface area contributed by atoms with E-state index in [-0.39, 0.29) is 5.97 Å². The molecule has 30 heavy (non-hydrogen) atoms. The van der Waals surface area contributed by atoms with E-state index in [0.29, 0.717) is 5.56 Å². The Kier molecular flexibility index (Phi) is 4.60. The molecule has 0 saturated heterocycles. The predicted octanol–water partition coefficient (Wildman–Crippen LogP) is 5.20. The van der Waals surface area contributed by atoms with Gasteiger partial charge in [0.2, 0.25) is 0 Å². The first-order chi connectivity index (χ1) is 14.7. The lowest BCUT2D eigenvalue weighted by Crippen LogP contribution is -2.23. The van der Waals surface area contributed by atoms with Crippen LogP contribution < -0.4 is 9.57 Å². The summed E-state index contributed by atoms with van der Waals surface area (Å²) in [5, 5.41) is 0. The van der Waals surface area contributed by atoms with E-state index in [1.807, 2.05) is 48.5 Å². The van der Waals surface area contributed by atoms with E-state index in [2.05, 4.69) is 24.3 Å². The zero-order valence-corrected chi connectivity index (χ0v) is 16.7. The molecule has 0 amide bonds. The third-order valence-corrected chi connectivity index (χ3v) is 5.54. The maximum absolute atomic E-state index is 12.9. The van der Waals surface area contributed by atoms with E-state index in [9.17, 15) is 4.79 Å². The topological polar surface area (TPSA) is 40.5 Å². The lowest BCUT2D eigenvalue weighted by molar-refractivity contribution is 0.0458. The number of aryl methyl sites for hydroxylation is 1. The van der Waals surface area contributed by atoms with Crippen molar-refractivity contribution >= 4 is 5.97 Å². The molecule has 1 heterocycles. The van der Waals surface area contributed by atoms with Crippen LogP contribution in [-0.2, 0) is 12.8 Å². The Morgan fingerprint density at radius 2 is 1.63 bits per heavy atom. The molecule has 4 heteroatoms. The predicted molar refractivity (Wildman–Crippen MR) is 117 cm³/mol. The molecular weight excluding hydrogens is 374 g/mol. The summed E-state index contributed by atoms with van der Waals surface area (Å²) in [6, 6.07) is 27.4. The van der Waals surface area contributed by atoms with Gasteiger partial charge >= 0.3 is 5.97 Å². The normalized spacial score (nSPS) is 12.0. The van der Waals surface area contributed by atoms with Crippen LogP contribution in [0.25, 0.3) is 22.4 Å². The molecule has 0 atom stereocenters. The minimum Gasteiger partial charge on any atom is -0.497 e. The van der Waals surface area contributed by atoms with Crippen LogP contribution in [0.3, 0.4) is 0 Å². The molecule has 4 aromatic rings. The second-order valence-corrected chi connectivity index (χ2v) is 7.32. The number of aromatic nitrogens is 1. The fourth-order valence-electron chi connectivity index (χ4n) is 4.05. The SMILES string of the molecule is COc1cccc(-c2cc3c(n2OC(=O)c2ccccc2)CCc2ccccc2-3)c1. The summed E-state index contributed by atoms with van der Waals surface area (Å²) in [7, 11) is 1.65. The molecular formula is C26H21NO3.